The SMILES string of the molecule is Cc1cc(C)c(N2[C]N(c3c(C)cc(C)cc3C)C=C2)c(C)c1.[CH2-]c1cc(C)cc(C)c1N1[C]N(c2c(C)cc(C)cc2C)C=C1.[CH3-].[Pt+2]. The van der Waals surface area contributed by atoms with Gasteiger partial charge in [0.05, 0.1) is 0 Å². The minimum absolute atomic E-state index is 0. The summed E-state index contributed by atoms with van der Waals surface area (Å²) in [6.45, 7) is 34.7. The third-order valence-corrected chi connectivity index (χ3v) is 8.55. The van der Waals surface area contributed by atoms with Crippen molar-refractivity contribution in [3.05, 3.63) is 168 Å². The maximum Gasteiger partial charge on any atom is 2.00 e. The monoisotopic (exact) mass is 817 g/mol. The molecule has 6 rings (SSSR count). The van der Waals surface area contributed by atoms with Crippen molar-refractivity contribution in [2.45, 2.75) is 76.2 Å². The van der Waals surface area contributed by atoms with Gasteiger partial charge in [0.2, 0.25) is 13.3 Å². The number of aryl methyl sites for hydroxylation is 11. The zero-order chi connectivity index (χ0) is 33.4. The summed E-state index contributed by atoms with van der Waals surface area (Å²) in [5.74, 6) is 0. The van der Waals surface area contributed by atoms with Crippen molar-refractivity contribution in [3.63, 3.8) is 0 Å². The van der Waals surface area contributed by atoms with E-state index in [4.69, 9.17) is 0 Å². The fourth-order valence-electron chi connectivity index (χ4n) is 7.18. The van der Waals surface area contributed by atoms with Crippen molar-refractivity contribution in [2.24, 2.45) is 0 Å². The van der Waals surface area contributed by atoms with E-state index in [1.54, 1.807) is 0 Å². The van der Waals surface area contributed by atoms with E-state index in [0.29, 0.717) is 0 Å². The Labute approximate surface area is 306 Å². The molecule has 0 saturated carbocycles. The number of nitrogens with zero attached hydrogens (tertiary/aromatic N) is 4. The standard InChI is InChI=1S/C21H24N2.C21H23N2.CH3.Pt/c2*1-14-9-16(3)20(17(4)10-14)22-7-8-23(13-22)21-18(5)11-15(2)12-19(21)6;;/h7-12H,1-6H3;7-12H,3H2,1-2,4-6H3;1H3;/q;2*-1;+2. The van der Waals surface area contributed by atoms with Gasteiger partial charge < -0.3 is 27.0 Å². The molecule has 4 nitrogen and oxygen atoms in total. The van der Waals surface area contributed by atoms with Gasteiger partial charge >= 0.3 is 21.1 Å². The number of hydrogen-bond acceptors (Lipinski definition) is 4. The smallest absolute Gasteiger partial charge is 0.370 e. The molecule has 0 fully saturated rings. The molecule has 0 unspecified atom stereocenters. The second-order valence-corrected chi connectivity index (χ2v) is 13.1. The van der Waals surface area contributed by atoms with Gasteiger partial charge in [-0.3, -0.25) is 0 Å². The average molecular weight is 818 g/mol. The van der Waals surface area contributed by atoms with Crippen LogP contribution in [0.15, 0.2) is 73.3 Å². The summed E-state index contributed by atoms with van der Waals surface area (Å²) in [6, 6.07) is 17.6. The molecule has 0 aliphatic carbocycles. The van der Waals surface area contributed by atoms with Gasteiger partial charge in [0.1, 0.15) is 0 Å². The average Bonchev–Trinajstić information content (AvgIpc) is 3.57. The van der Waals surface area contributed by atoms with Crippen molar-refractivity contribution in [1.82, 2.24) is 0 Å². The molecule has 0 saturated heterocycles. The van der Waals surface area contributed by atoms with Gasteiger partial charge in [-0.05, 0) is 103 Å². The van der Waals surface area contributed by atoms with E-state index in [9.17, 15) is 0 Å². The maximum absolute atomic E-state index is 4.20. The number of benzene rings is 4. The molecule has 0 bridgehead atoms. The Hall–Kier alpha value is -3.88. The quantitative estimate of drug-likeness (QED) is 0.190. The van der Waals surface area contributed by atoms with Crippen molar-refractivity contribution >= 4 is 22.7 Å². The number of anilines is 4. The van der Waals surface area contributed by atoms with Gasteiger partial charge in [-0.2, -0.15) is 18.6 Å². The van der Waals surface area contributed by atoms with Crippen molar-refractivity contribution in [3.8, 4) is 0 Å². The molecule has 0 N–H and O–H groups in total. The Balaban J connectivity index is 0.000000250. The van der Waals surface area contributed by atoms with Crippen LogP contribution in [-0.4, -0.2) is 0 Å². The van der Waals surface area contributed by atoms with E-state index in [-0.39, 0.29) is 28.5 Å². The minimum Gasteiger partial charge on any atom is -0.370 e. The molecule has 252 valence electrons. The molecule has 2 aliphatic heterocycles. The van der Waals surface area contributed by atoms with Gasteiger partial charge in [0.15, 0.2) is 0 Å². The second kappa shape index (κ2) is 15.6. The molecule has 0 atom stereocenters. The molecule has 4 aromatic carbocycles. The van der Waals surface area contributed by atoms with Gasteiger partial charge in [0, 0.05) is 41.9 Å². The Kier molecular flexibility index (Phi) is 12.5. The molecular weight excluding hydrogens is 768 g/mol. The van der Waals surface area contributed by atoms with Crippen LogP contribution in [0.2, 0.25) is 0 Å². The van der Waals surface area contributed by atoms with Gasteiger partial charge in [-0.25, -0.2) is 0 Å². The predicted molar refractivity (Wildman–Crippen MR) is 203 cm³/mol. The molecule has 4 aromatic rings. The van der Waals surface area contributed by atoms with E-state index in [0.717, 1.165) is 11.3 Å². The van der Waals surface area contributed by atoms with Crippen LogP contribution < -0.4 is 19.6 Å². The van der Waals surface area contributed by atoms with Gasteiger partial charge in [-0.15, -0.1) is 5.56 Å². The third-order valence-electron chi connectivity index (χ3n) is 8.55. The van der Waals surface area contributed by atoms with E-state index in [2.05, 4.69) is 178 Å². The summed E-state index contributed by atoms with van der Waals surface area (Å²) in [4.78, 5) is 8.31. The van der Waals surface area contributed by atoms with Crippen LogP contribution in [0.3, 0.4) is 0 Å². The second-order valence-electron chi connectivity index (χ2n) is 13.1. The molecule has 48 heavy (non-hydrogen) atoms. The van der Waals surface area contributed by atoms with E-state index in [1.165, 1.54) is 78.3 Å². The number of rotatable bonds is 4. The molecule has 4 radical (unpaired) electrons. The van der Waals surface area contributed by atoms with Crippen LogP contribution >= 0.6 is 0 Å². The first-order valence-electron chi connectivity index (χ1n) is 16.0. The summed E-state index contributed by atoms with van der Waals surface area (Å²) in [5, 5.41) is 0. The Morgan fingerprint density at radius 1 is 0.375 bits per heavy atom. The Bertz CT molecular complexity index is 1490. The zero-order valence-corrected chi connectivity index (χ0v) is 33.0. The summed E-state index contributed by atoms with van der Waals surface area (Å²) < 4.78 is 0. The topological polar surface area (TPSA) is 13.0 Å². The zero-order valence-electron chi connectivity index (χ0n) is 30.7. The van der Waals surface area contributed by atoms with Gasteiger partial charge in [0.25, 0.3) is 0 Å². The fourth-order valence-corrected chi connectivity index (χ4v) is 7.18. The van der Waals surface area contributed by atoms with Crippen LogP contribution in [-0.2, 0) is 21.1 Å². The summed E-state index contributed by atoms with van der Waals surface area (Å²) in [5.41, 5.74) is 19.7. The van der Waals surface area contributed by atoms with E-state index < -0.39 is 0 Å². The molecule has 5 heteroatoms. The maximum atomic E-state index is 4.20. The Morgan fingerprint density at radius 3 is 0.833 bits per heavy atom. The molecule has 0 spiro atoms. The summed E-state index contributed by atoms with van der Waals surface area (Å²) >= 11 is 0. The Morgan fingerprint density at radius 2 is 0.583 bits per heavy atom. The largest absolute Gasteiger partial charge is 2.00 e. The molecule has 2 heterocycles. The van der Waals surface area contributed by atoms with Crippen LogP contribution in [0.4, 0.5) is 22.7 Å². The van der Waals surface area contributed by atoms with E-state index in [1.807, 2.05) is 11.1 Å². The normalized spacial score (nSPS) is 13.4. The van der Waals surface area contributed by atoms with Crippen molar-refractivity contribution in [2.75, 3.05) is 19.6 Å². The summed E-state index contributed by atoms with van der Waals surface area (Å²) in [7, 11) is 0. The first-order chi connectivity index (χ1) is 21.7. The predicted octanol–water partition coefficient (Wildman–Crippen LogP) is 11.0. The summed E-state index contributed by atoms with van der Waals surface area (Å²) in [6.07, 6.45) is 8.28. The number of hydrogen-bond donors (Lipinski definition) is 0. The fraction of sp³-hybridized carbons (Fsp3) is 0.256. The van der Waals surface area contributed by atoms with E-state index >= 15 is 0 Å². The van der Waals surface area contributed by atoms with Crippen molar-refractivity contribution in [1.29, 1.82) is 0 Å². The first kappa shape index (κ1) is 38.6. The van der Waals surface area contributed by atoms with Crippen LogP contribution in [0.1, 0.15) is 66.8 Å². The molecule has 2 aliphatic rings. The molecule has 0 amide bonds. The minimum atomic E-state index is 0. The third kappa shape index (κ3) is 8.04. The van der Waals surface area contributed by atoms with Crippen LogP contribution in [0.25, 0.3) is 0 Å². The first-order valence-corrected chi connectivity index (χ1v) is 16.0. The van der Waals surface area contributed by atoms with Crippen LogP contribution in [0, 0.1) is 104 Å². The molecule has 0 aromatic heterocycles. The van der Waals surface area contributed by atoms with Crippen molar-refractivity contribution < 1.29 is 21.1 Å². The van der Waals surface area contributed by atoms with Crippen LogP contribution in [0.5, 0.6) is 0 Å². The van der Waals surface area contributed by atoms with Gasteiger partial charge in [-0.1, -0.05) is 77.3 Å². The molecular formula is C43H50N4Pt.